The molecule has 0 bridgehead atoms. The van der Waals surface area contributed by atoms with Gasteiger partial charge in [-0.15, -0.1) is 0 Å². The Balaban J connectivity index is 1.46. The van der Waals surface area contributed by atoms with Crippen LogP contribution in [0.5, 0.6) is 11.5 Å². The van der Waals surface area contributed by atoms with Gasteiger partial charge in [-0.2, -0.15) is 0 Å². The van der Waals surface area contributed by atoms with Crippen LogP contribution in [-0.2, 0) is 0 Å². The van der Waals surface area contributed by atoms with E-state index in [1.54, 1.807) is 23.8 Å². The number of H-pyrrole nitrogens is 1. The average Bonchev–Trinajstić information content (AvgIpc) is 3.14. The molecule has 0 aliphatic heterocycles. The normalized spacial score (nSPS) is 11.0. The van der Waals surface area contributed by atoms with Crippen LogP contribution in [0.15, 0.2) is 64.5 Å². The number of halogens is 1. The second-order valence-corrected chi connectivity index (χ2v) is 7.45. The number of fused-ring (bicyclic) bond motifs is 1. The fourth-order valence-corrected chi connectivity index (χ4v) is 3.70. The quantitative estimate of drug-likeness (QED) is 0.341. The molecule has 0 saturated heterocycles. The van der Waals surface area contributed by atoms with Crippen LogP contribution in [0.1, 0.15) is 6.42 Å². The molecular formula is C21H19FN4O3S. The van der Waals surface area contributed by atoms with E-state index in [0.717, 1.165) is 17.9 Å². The fourth-order valence-electron chi connectivity index (χ4n) is 2.84. The lowest BCUT2D eigenvalue weighted by molar-refractivity contribution is 0.316. The van der Waals surface area contributed by atoms with Crippen molar-refractivity contribution in [2.45, 2.75) is 11.6 Å². The van der Waals surface area contributed by atoms with Gasteiger partial charge in [0.05, 0.1) is 13.7 Å². The number of thioether (sulfide) groups is 1. The molecule has 4 rings (SSSR count). The number of hydrogen-bond acceptors (Lipinski definition) is 6. The molecule has 0 fully saturated rings. The first-order valence-corrected chi connectivity index (χ1v) is 10.3. The van der Waals surface area contributed by atoms with Gasteiger partial charge in [-0.1, -0.05) is 30.0 Å². The number of ether oxygens (including phenoxy) is 2. The Kier molecular flexibility index (Phi) is 5.99. The predicted octanol–water partition coefficient (Wildman–Crippen LogP) is 3.79. The van der Waals surface area contributed by atoms with Crippen molar-refractivity contribution < 1.29 is 13.9 Å². The van der Waals surface area contributed by atoms with Gasteiger partial charge in [-0.25, -0.2) is 18.9 Å². The summed E-state index contributed by atoms with van der Waals surface area (Å²) in [5.41, 5.74) is 0.711. The number of rotatable bonds is 8. The molecule has 7 nitrogen and oxygen atoms in total. The highest BCUT2D eigenvalue weighted by Gasteiger charge is 2.12. The summed E-state index contributed by atoms with van der Waals surface area (Å²) >= 11 is 1.46. The minimum absolute atomic E-state index is 0.274. The number of aromatic amines is 1. The average molecular weight is 426 g/mol. The smallest absolute Gasteiger partial charge is 0.266 e. The number of nitrogens with one attached hydrogen (secondary N) is 1. The van der Waals surface area contributed by atoms with Crippen LogP contribution in [0.2, 0.25) is 0 Å². The third kappa shape index (κ3) is 4.62. The first-order chi connectivity index (χ1) is 14.6. The Morgan fingerprint density at radius 1 is 1.10 bits per heavy atom. The molecule has 0 atom stereocenters. The van der Waals surface area contributed by atoms with Gasteiger partial charge in [-0.05, 0) is 30.7 Å². The van der Waals surface area contributed by atoms with E-state index in [2.05, 4.69) is 15.1 Å². The van der Waals surface area contributed by atoms with Gasteiger partial charge in [0.25, 0.3) is 5.56 Å². The highest BCUT2D eigenvalue weighted by Crippen LogP contribution is 2.23. The summed E-state index contributed by atoms with van der Waals surface area (Å²) in [6, 6.07) is 14.9. The van der Waals surface area contributed by atoms with E-state index < -0.39 is 0 Å². The largest absolute Gasteiger partial charge is 0.497 e. The Labute approximate surface area is 175 Å². The van der Waals surface area contributed by atoms with E-state index in [0.29, 0.717) is 34.6 Å². The Morgan fingerprint density at radius 2 is 1.93 bits per heavy atom. The van der Waals surface area contributed by atoms with Gasteiger partial charge in [-0.3, -0.25) is 9.89 Å². The van der Waals surface area contributed by atoms with Crippen molar-refractivity contribution in [1.82, 2.24) is 19.6 Å². The van der Waals surface area contributed by atoms with Crippen LogP contribution >= 0.6 is 11.8 Å². The number of aromatic nitrogens is 4. The van der Waals surface area contributed by atoms with E-state index in [1.807, 2.05) is 24.3 Å². The third-order valence-corrected chi connectivity index (χ3v) is 5.26. The number of methoxy groups -OCH3 is 1. The monoisotopic (exact) mass is 426 g/mol. The van der Waals surface area contributed by atoms with E-state index in [1.165, 1.54) is 30.0 Å². The summed E-state index contributed by atoms with van der Waals surface area (Å²) in [6.45, 7) is 0.521. The van der Waals surface area contributed by atoms with E-state index in [9.17, 15) is 9.18 Å². The molecule has 0 aliphatic carbocycles. The predicted molar refractivity (Wildman–Crippen MR) is 113 cm³/mol. The summed E-state index contributed by atoms with van der Waals surface area (Å²) in [5.74, 6) is 2.19. The summed E-state index contributed by atoms with van der Waals surface area (Å²) in [4.78, 5) is 20.7. The van der Waals surface area contributed by atoms with Crippen molar-refractivity contribution in [2.24, 2.45) is 0 Å². The molecule has 154 valence electrons. The zero-order valence-electron chi connectivity index (χ0n) is 16.2. The van der Waals surface area contributed by atoms with E-state index >= 15 is 0 Å². The molecule has 0 spiro atoms. The molecular weight excluding hydrogens is 407 g/mol. The van der Waals surface area contributed by atoms with Crippen LogP contribution in [0.4, 0.5) is 4.39 Å². The van der Waals surface area contributed by atoms with Crippen LogP contribution < -0.4 is 15.0 Å². The maximum Gasteiger partial charge on any atom is 0.266 e. The molecule has 2 aromatic carbocycles. The van der Waals surface area contributed by atoms with Gasteiger partial charge >= 0.3 is 0 Å². The van der Waals surface area contributed by atoms with Gasteiger partial charge in [0.1, 0.15) is 17.3 Å². The topological polar surface area (TPSA) is 81.5 Å². The third-order valence-electron chi connectivity index (χ3n) is 4.24. The minimum Gasteiger partial charge on any atom is -0.497 e. The lowest BCUT2D eigenvalue weighted by Crippen LogP contribution is -2.05. The SMILES string of the molecule is COc1cccc(OCCCSc2nc(-c3cccc(F)c3)nc3cc(=O)[nH]n23)c1. The minimum atomic E-state index is -0.369. The first-order valence-electron chi connectivity index (χ1n) is 9.28. The van der Waals surface area contributed by atoms with Crippen molar-refractivity contribution in [3.8, 4) is 22.9 Å². The van der Waals surface area contributed by atoms with E-state index in [-0.39, 0.29) is 11.4 Å². The lowest BCUT2D eigenvalue weighted by Gasteiger charge is -2.09. The van der Waals surface area contributed by atoms with Gasteiger partial charge in [0.2, 0.25) is 0 Å². The van der Waals surface area contributed by atoms with Crippen molar-refractivity contribution in [1.29, 1.82) is 0 Å². The number of nitrogens with zero attached hydrogens (tertiary/aromatic N) is 3. The molecule has 0 radical (unpaired) electrons. The molecule has 2 aromatic heterocycles. The van der Waals surface area contributed by atoms with Crippen LogP contribution in [-0.4, -0.2) is 39.1 Å². The zero-order valence-corrected chi connectivity index (χ0v) is 17.0. The van der Waals surface area contributed by atoms with E-state index in [4.69, 9.17) is 9.47 Å². The molecule has 0 saturated carbocycles. The van der Waals surface area contributed by atoms with Gasteiger partial charge < -0.3 is 9.47 Å². The highest BCUT2D eigenvalue weighted by molar-refractivity contribution is 7.99. The Hall–Kier alpha value is -3.33. The van der Waals surface area contributed by atoms with Gasteiger partial charge in [0.15, 0.2) is 16.6 Å². The molecule has 0 aliphatic rings. The molecule has 0 amide bonds. The molecule has 9 heteroatoms. The van der Waals surface area contributed by atoms with Crippen LogP contribution in [0, 0.1) is 5.82 Å². The second-order valence-electron chi connectivity index (χ2n) is 6.38. The maximum atomic E-state index is 13.6. The summed E-state index contributed by atoms with van der Waals surface area (Å²) in [5, 5.41) is 3.26. The van der Waals surface area contributed by atoms with Crippen LogP contribution in [0.3, 0.4) is 0 Å². The standard InChI is InChI=1S/C21H19FN4O3S/c1-28-16-7-3-8-17(12-16)29-9-4-10-30-21-24-20(14-5-2-6-15(22)11-14)23-18-13-19(27)25-26(18)21/h2-3,5-8,11-13H,4,9-10H2,1H3,(H,25,27). The number of hydrogen-bond donors (Lipinski definition) is 1. The lowest BCUT2D eigenvalue weighted by atomic mass is 10.2. The summed E-state index contributed by atoms with van der Waals surface area (Å²) < 4.78 is 26.1. The molecule has 2 heterocycles. The second kappa shape index (κ2) is 9.00. The van der Waals surface area contributed by atoms with Crippen molar-refractivity contribution >= 4 is 17.4 Å². The fraction of sp³-hybridized carbons (Fsp3) is 0.190. The molecule has 30 heavy (non-hydrogen) atoms. The summed E-state index contributed by atoms with van der Waals surface area (Å²) in [6.07, 6.45) is 0.758. The van der Waals surface area contributed by atoms with Gasteiger partial charge in [0, 0.05) is 23.4 Å². The van der Waals surface area contributed by atoms with Crippen molar-refractivity contribution in [3.63, 3.8) is 0 Å². The summed E-state index contributed by atoms with van der Waals surface area (Å²) in [7, 11) is 1.61. The van der Waals surface area contributed by atoms with Crippen molar-refractivity contribution in [3.05, 3.63) is 70.8 Å². The molecule has 0 unspecified atom stereocenters. The Morgan fingerprint density at radius 3 is 2.77 bits per heavy atom. The maximum absolute atomic E-state index is 13.6. The zero-order chi connectivity index (χ0) is 20.9. The first kappa shape index (κ1) is 20.0. The highest BCUT2D eigenvalue weighted by atomic mass is 32.2. The number of benzene rings is 2. The molecule has 4 aromatic rings. The Bertz CT molecular complexity index is 1220. The molecule has 1 N–H and O–H groups in total. The van der Waals surface area contributed by atoms with Crippen LogP contribution in [0.25, 0.3) is 17.0 Å². The van der Waals surface area contributed by atoms with Crippen molar-refractivity contribution in [2.75, 3.05) is 19.5 Å².